The summed E-state index contributed by atoms with van der Waals surface area (Å²) < 4.78 is 14.0. The van der Waals surface area contributed by atoms with E-state index in [0.29, 0.717) is 23.3 Å². The van der Waals surface area contributed by atoms with Crippen molar-refractivity contribution in [2.75, 3.05) is 17.2 Å². The summed E-state index contributed by atoms with van der Waals surface area (Å²) >= 11 is 0. The fourth-order valence-electron chi connectivity index (χ4n) is 3.92. The van der Waals surface area contributed by atoms with Crippen molar-refractivity contribution in [3.8, 4) is 0 Å². The molecule has 0 unspecified atom stereocenters. The number of piperidine rings is 1. The van der Waals surface area contributed by atoms with E-state index in [0.717, 1.165) is 19.4 Å². The monoisotopic (exact) mass is 292 g/mol. The molecule has 0 spiro atoms. The van der Waals surface area contributed by atoms with E-state index in [9.17, 15) is 9.18 Å². The Bertz CT molecular complexity index is 559. The number of nitrogen functional groups attached to an aromatic ring is 1. The first-order valence-corrected chi connectivity index (χ1v) is 7.67. The van der Waals surface area contributed by atoms with Crippen LogP contribution in [0, 0.1) is 11.7 Å². The highest BCUT2D eigenvalue weighted by atomic mass is 19.1. The maximum absolute atomic E-state index is 14.0. The molecule has 3 rings (SSSR count). The smallest absolute Gasteiger partial charge is 0.338 e. The molecule has 4 nitrogen and oxygen atoms in total. The van der Waals surface area contributed by atoms with E-state index in [2.05, 4.69) is 4.90 Å². The highest BCUT2D eigenvalue weighted by molar-refractivity contribution is 5.91. The van der Waals surface area contributed by atoms with Crippen molar-refractivity contribution in [2.45, 2.75) is 44.6 Å². The predicted molar refractivity (Wildman–Crippen MR) is 80.1 cm³/mol. The molecule has 1 aromatic carbocycles. The first-order chi connectivity index (χ1) is 10.1. The molecule has 0 aromatic heterocycles. The van der Waals surface area contributed by atoms with Gasteiger partial charge in [0.25, 0.3) is 0 Å². The lowest BCUT2D eigenvalue weighted by molar-refractivity contribution is 0.0692. The minimum absolute atomic E-state index is 0.353. The second kappa shape index (κ2) is 5.54. The van der Waals surface area contributed by atoms with Gasteiger partial charge in [-0.2, -0.15) is 0 Å². The predicted octanol–water partition coefficient (Wildman–Crippen LogP) is 3.27. The average molecular weight is 292 g/mol. The SMILES string of the molecule is Nc1cc(C(=O)O)c(F)cc1N1CCC[C@H]2CCCC[C@H]21. The minimum Gasteiger partial charge on any atom is -0.478 e. The van der Waals surface area contributed by atoms with Gasteiger partial charge in [0.1, 0.15) is 5.82 Å². The van der Waals surface area contributed by atoms with Crippen LogP contribution in [0.5, 0.6) is 0 Å². The number of benzene rings is 1. The van der Waals surface area contributed by atoms with Crippen molar-refractivity contribution < 1.29 is 14.3 Å². The Balaban J connectivity index is 1.95. The third kappa shape index (κ3) is 2.57. The van der Waals surface area contributed by atoms with Gasteiger partial charge < -0.3 is 15.7 Å². The van der Waals surface area contributed by atoms with Crippen molar-refractivity contribution in [3.63, 3.8) is 0 Å². The lowest BCUT2D eigenvalue weighted by Gasteiger charge is -2.45. The number of hydrogen-bond acceptors (Lipinski definition) is 3. The Morgan fingerprint density at radius 1 is 1.24 bits per heavy atom. The number of anilines is 2. The van der Waals surface area contributed by atoms with Crippen molar-refractivity contribution in [3.05, 3.63) is 23.5 Å². The van der Waals surface area contributed by atoms with Crippen LogP contribution in [0.2, 0.25) is 0 Å². The van der Waals surface area contributed by atoms with Crippen molar-refractivity contribution in [1.82, 2.24) is 0 Å². The van der Waals surface area contributed by atoms with Crippen molar-refractivity contribution in [1.29, 1.82) is 0 Å². The van der Waals surface area contributed by atoms with E-state index < -0.39 is 11.8 Å². The first kappa shape index (κ1) is 14.2. The lowest BCUT2D eigenvalue weighted by atomic mass is 9.78. The van der Waals surface area contributed by atoms with E-state index in [4.69, 9.17) is 10.8 Å². The number of aromatic carboxylic acids is 1. The summed E-state index contributed by atoms with van der Waals surface area (Å²) in [4.78, 5) is 13.2. The quantitative estimate of drug-likeness (QED) is 0.821. The number of nitrogens with zero attached hydrogens (tertiary/aromatic N) is 1. The molecule has 114 valence electrons. The van der Waals surface area contributed by atoms with Crippen LogP contribution < -0.4 is 10.6 Å². The van der Waals surface area contributed by atoms with E-state index in [1.54, 1.807) is 0 Å². The maximum atomic E-state index is 14.0. The van der Waals surface area contributed by atoms with E-state index in [-0.39, 0.29) is 5.56 Å². The van der Waals surface area contributed by atoms with Crippen molar-refractivity contribution >= 4 is 17.3 Å². The molecule has 3 N–H and O–H groups in total. The Morgan fingerprint density at radius 2 is 1.95 bits per heavy atom. The Hall–Kier alpha value is -1.78. The molecule has 0 radical (unpaired) electrons. The molecule has 2 aliphatic rings. The summed E-state index contributed by atoms with van der Waals surface area (Å²) in [5.74, 6) is -1.32. The van der Waals surface area contributed by atoms with Crippen LogP contribution >= 0.6 is 0 Å². The van der Waals surface area contributed by atoms with Crippen LogP contribution in [0.3, 0.4) is 0 Å². The van der Waals surface area contributed by atoms with Gasteiger partial charge in [0.15, 0.2) is 0 Å². The van der Waals surface area contributed by atoms with Gasteiger partial charge in [-0.1, -0.05) is 12.8 Å². The first-order valence-electron chi connectivity index (χ1n) is 7.67. The number of halogens is 1. The number of carboxylic acids is 1. The molecule has 1 aromatic rings. The molecule has 1 saturated carbocycles. The highest BCUT2D eigenvalue weighted by Gasteiger charge is 2.34. The third-order valence-corrected chi connectivity index (χ3v) is 4.90. The van der Waals surface area contributed by atoms with E-state index in [1.807, 2.05) is 0 Å². The van der Waals surface area contributed by atoms with Gasteiger partial charge in [-0.25, -0.2) is 9.18 Å². The molecular weight excluding hydrogens is 271 g/mol. The van der Waals surface area contributed by atoms with Crippen molar-refractivity contribution in [2.24, 2.45) is 5.92 Å². The van der Waals surface area contributed by atoms with Gasteiger partial charge in [0, 0.05) is 18.7 Å². The zero-order valence-corrected chi connectivity index (χ0v) is 12.0. The number of fused-ring (bicyclic) bond motifs is 1. The van der Waals surface area contributed by atoms with Crippen LogP contribution in [0.4, 0.5) is 15.8 Å². The van der Waals surface area contributed by atoms with Gasteiger partial charge in [-0.15, -0.1) is 0 Å². The van der Waals surface area contributed by atoms with Crippen LogP contribution in [-0.4, -0.2) is 23.7 Å². The summed E-state index contributed by atoms with van der Waals surface area (Å²) in [5.41, 5.74) is 6.68. The van der Waals surface area contributed by atoms with Gasteiger partial charge in [-0.05, 0) is 37.7 Å². The van der Waals surface area contributed by atoms with Gasteiger partial charge in [0.05, 0.1) is 16.9 Å². The van der Waals surface area contributed by atoms with E-state index >= 15 is 0 Å². The van der Waals surface area contributed by atoms with Gasteiger partial charge in [0.2, 0.25) is 0 Å². The molecule has 0 amide bonds. The zero-order chi connectivity index (χ0) is 15.0. The number of nitrogens with two attached hydrogens (primary N) is 1. The molecular formula is C16H21FN2O2. The molecule has 1 heterocycles. The van der Waals surface area contributed by atoms with Gasteiger partial charge in [-0.3, -0.25) is 0 Å². The number of carbonyl (C=O) groups is 1. The van der Waals surface area contributed by atoms with Crippen LogP contribution in [0.1, 0.15) is 48.9 Å². The molecule has 2 atom stereocenters. The van der Waals surface area contributed by atoms with E-state index in [1.165, 1.54) is 37.8 Å². The second-order valence-corrected chi connectivity index (χ2v) is 6.14. The normalized spacial score (nSPS) is 25.5. The van der Waals surface area contributed by atoms with Crippen LogP contribution in [0.25, 0.3) is 0 Å². The molecule has 0 bridgehead atoms. The number of carboxylic acid groups (broad SMARTS) is 1. The summed E-state index contributed by atoms with van der Waals surface area (Å²) in [7, 11) is 0. The third-order valence-electron chi connectivity index (χ3n) is 4.90. The molecule has 1 saturated heterocycles. The maximum Gasteiger partial charge on any atom is 0.338 e. The molecule has 21 heavy (non-hydrogen) atoms. The zero-order valence-electron chi connectivity index (χ0n) is 12.0. The highest BCUT2D eigenvalue weighted by Crippen LogP contribution is 2.40. The topological polar surface area (TPSA) is 66.6 Å². The Kier molecular flexibility index (Phi) is 3.74. The summed E-state index contributed by atoms with van der Waals surface area (Å²) in [5, 5.41) is 8.97. The lowest BCUT2D eigenvalue weighted by Crippen LogP contribution is -2.47. The molecule has 1 aliphatic heterocycles. The molecule has 1 aliphatic carbocycles. The fourth-order valence-corrected chi connectivity index (χ4v) is 3.92. The van der Waals surface area contributed by atoms with Crippen LogP contribution in [-0.2, 0) is 0 Å². The van der Waals surface area contributed by atoms with Crippen LogP contribution in [0.15, 0.2) is 12.1 Å². The second-order valence-electron chi connectivity index (χ2n) is 6.14. The number of rotatable bonds is 2. The molecule has 2 fully saturated rings. The Labute approximate surface area is 123 Å². The van der Waals surface area contributed by atoms with Gasteiger partial charge >= 0.3 is 5.97 Å². The summed E-state index contributed by atoms with van der Waals surface area (Å²) in [6, 6.07) is 2.97. The minimum atomic E-state index is -1.28. The summed E-state index contributed by atoms with van der Waals surface area (Å²) in [6.07, 6.45) is 7.15. The Morgan fingerprint density at radius 3 is 2.71 bits per heavy atom. The average Bonchev–Trinajstić information content (AvgIpc) is 2.48. The largest absolute Gasteiger partial charge is 0.478 e. The standard InChI is InChI=1S/C16H21FN2O2/c17-12-9-15(13(18)8-11(12)16(20)21)19-7-3-5-10-4-1-2-6-14(10)19/h8-10,14H,1-7,18H2,(H,20,21)/t10-,14-/m1/s1. The summed E-state index contributed by atoms with van der Waals surface area (Å²) in [6.45, 7) is 0.872. The number of hydrogen-bond donors (Lipinski definition) is 2. The fraction of sp³-hybridized carbons (Fsp3) is 0.562. The molecule has 5 heteroatoms.